The predicted octanol–water partition coefficient (Wildman–Crippen LogP) is 11.8. The summed E-state index contributed by atoms with van der Waals surface area (Å²) in [5, 5.41) is 3.85. The number of aromatic nitrogens is 3. The minimum absolute atomic E-state index is 0.304. The van der Waals surface area contributed by atoms with Crippen molar-refractivity contribution in [2.75, 3.05) is 0 Å². The maximum atomic E-state index is 5.41. The summed E-state index contributed by atoms with van der Waals surface area (Å²) in [6, 6.07) is 52.3. The molecule has 0 saturated heterocycles. The molecular weight excluding hydrogens is 607 g/mol. The van der Waals surface area contributed by atoms with Crippen molar-refractivity contribution in [2.24, 2.45) is 5.92 Å². The van der Waals surface area contributed by atoms with Crippen LogP contribution in [0.3, 0.4) is 0 Å². The molecule has 10 rings (SSSR count). The molecule has 3 nitrogen and oxygen atoms in total. The Morgan fingerprint density at radius 1 is 0.600 bits per heavy atom. The van der Waals surface area contributed by atoms with Crippen molar-refractivity contribution < 1.29 is 0 Å². The summed E-state index contributed by atoms with van der Waals surface area (Å²) in [5.41, 5.74) is 11.6. The number of rotatable bonds is 4. The number of fused-ring (bicyclic) bond motifs is 8. The van der Waals surface area contributed by atoms with Gasteiger partial charge in [0.05, 0.1) is 16.7 Å². The van der Waals surface area contributed by atoms with E-state index < -0.39 is 0 Å². The maximum absolute atomic E-state index is 5.41. The van der Waals surface area contributed by atoms with E-state index in [0.29, 0.717) is 23.7 Å². The minimum atomic E-state index is 0.304. The monoisotopic (exact) mass is 641 g/mol. The number of hydrogen-bond acceptors (Lipinski definition) is 2. The third-order valence-electron chi connectivity index (χ3n) is 11.1. The Bertz CT molecular complexity index is 2620. The quantitative estimate of drug-likeness (QED) is 0.191. The van der Waals surface area contributed by atoms with Gasteiger partial charge in [-0.25, -0.2) is 9.97 Å². The zero-order valence-corrected chi connectivity index (χ0v) is 27.8. The molecule has 0 radical (unpaired) electrons. The van der Waals surface area contributed by atoms with Crippen molar-refractivity contribution in [3.63, 3.8) is 0 Å². The molecule has 0 saturated carbocycles. The maximum Gasteiger partial charge on any atom is 0.160 e. The molecule has 2 aliphatic carbocycles. The Morgan fingerprint density at radius 2 is 1.30 bits per heavy atom. The van der Waals surface area contributed by atoms with Crippen molar-refractivity contribution >= 4 is 32.7 Å². The van der Waals surface area contributed by atoms with Crippen LogP contribution in [0.1, 0.15) is 41.4 Å². The highest BCUT2D eigenvalue weighted by Gasteiger charge is 2.41. The third-order valence-corrected chi connectivity index (χ3v) is 11.1. The Labute approximate surface area is 291 Å². The second-order valence-corrected chi connectivity index (χ2v) is 13.7. The summed E-state index contributed by atoms with van der Waals surface area (Å²) in [4.78, 5) is 10.7. The first kappa shape index (κ1) is 28.9. The standard InChI is InChI=1S/C47H35N3/c1-30-36-27-25-31-15-11-12-22-37(31)43(36)39-24-14-13-23-38(39)42(30)34-26-28-41-40(29-34)45-46(50(41)35-20-9-4-10-21-35)44(32-16-5-2-6-17-32)48-47(49-45)33-18-7-3-8-19-33/h2-30,38-39,42H,1H3. The van der Waals surface area contributed by atoms with Crippen LogP contribution in [0.15, 0.2) is 170 Å². The van der Waals surface area contributed by atoms with Crippen LogP contribution in [0.4, 0.5) is 0 Å². The molecule has 3 heteroatoms. The van der Waals surface area contributed by atoms with Crippen LogP contribution in [0, 0.1) is 5.92 Å². The van der Waals surface area contributed by atoms with Gasteiger partial charge in [-0.05, 0) is 69.5 Å². The summed E-state index contributed by atoms with van der Waals surface area (Å²) >= 11 is 0. The fraction of sp³-hybridized carbons (Fsp3) is 0.106. The van der Waals surface area contributed by atoms with Crippen LogP contribution in [0.25, 0.3) is 61.0 Å². The fourth-order valence-corrected chi connectivity index (χ4v) is 8.85. The lowest BCUT2D eigenvalue weighted by Crippen LogP contribution is -2.30. The number of para-hydroxylation sites is 1. The zero-order valence-electron chi connectivity index (χ0n) is 27.8. The van der Waals surface area contributed by atoms with Gasteiger partial charge in [0.25, 0.3) is 0 Å². The molecule has 0 bridgehead atoms. The Morgan fingerprint density at radius 3 is 2.10 bits per heavy atom. The first-order valence-corrected chi connectivity index (χ1v) is 17.6. The topological polar surface area (TPSA) is 30.7 Å². The molecule has 0 aliphatic heterocycles. The molecule has 0 N–H and O–H groups in total. The summed E-state index contributed by atoms with van der Waals surface area (Å²) in [6.45, 7) is 2.43. The number of hydrogen-bond donors (Lipinski definition) is 0. The molecule has 238 valence electrons. The molecule has 4 unspecified atom stereocenters. The Hall–Kier alpha value is -6.06. The van der Waals surface area contributed by atoms with Gasteiger partial charge in [0.1, 0.15) is 5.52 Å². The first-order chi connectivity index (χ1) is 24.7. The lowest BCUT2D eigenvalue weighted by Gasteiger charge is -2.43. The summed E-state index contributed by atoms with van der Waals surface area (Å²) in [6.07, 6.45) is 9.38. The van der Waals surface area contributed by atoms with Crippen LogP contribution in [-0.2, 0) is 0 Å². The van der Waals surface area contributed by atoms with Gasteiger partial charge in [-0.15, -0.1) is 0 Å². The average Bonchev–Trinajstić information content (AvgIpc) is 3.52. The molecule has 0 spiro atoms. The van der Waals surface area contributed by atoms with E-state index in [1.165, 1.54) is 27.5 Å². The van der Waals surface area contributed by atoms with E-state index in [2.05, 4.69) is 175 Å². The van der Waals surface area contributed by atoms with Crippen LogP contribution >= 0.6 is 0 Å². The molecular formula is C47H35N3. The van der Waals surface area contributed by atoms with Gasteiger partial charge in [-0.2, -0.15) is 0 Å². The fourth-order valence-electron chi connectivity index (χ4n) is 8.85. The van der Waals surface area contributed by atoms with Crippen molar-refractivity contribution in [3.05, 3.63) is 187 Å². The van der Waals surface area contributed by atoms with E-state index in [4.69, 9.17) is 9.97 Å². The summed E-state index contributed by atoms with van der Waals surface area (Å²) in [7, 11) is 0. The van der Waals surface area contributed by atoms with E-state index in [0.717, 1.165) is 50.3 Å². The van der Waals surface area contributed by atoms with Crippen LogP contribution in [0.2, 0.25) is 0 Å². The summed E-state index contributed by atoms with van der Waals surface area (Å²) < 4.78 is 2.36. The van der Waals surface area contributed by atoms with E-state index in [1.807, 2.05) is 6.07 Å². The highest BCUT2D eigenvalue weighted by molar-refractivity contribution is 6.11. The zero-order chi connectivity index (χ0) is 33.2. The van der Waals surface area contributed by atoms with Gasteiger partial charge in [0, 0.05) is 28.1 Å². The predicted molar refractivity (Wildman–Crippen MR) is 207 cm³/mol. The summed E-state index contributed by atoms with van der Waals surface area (Å²) in [5.74, 6) is 2.05. The van der Waals surface area contributed by atoms with Crippen molar-refractivity contribution in [1.82, 2.24) is 14.5 Å². The average molecular weight is 642 g/mol. The van der Waals surface area contributed by atoms with Crippen LogP contribution in [0.5, 0.6) is 0 Å². The van der Waals surface area contributed by atoms with Gasteiger partial charge in [-0.3, -0.25) is 0 Å². The second kappa shape index (κ2) is 11.5. The van der Waals surface area contributed by atoms with Crippen molar-refractivity contribution in [1.29, 1.82) is 0 Å². The largest absolute Gasteiger partial charge is 0.306 e. The van der Waals surface area contributed by atoms with E-state index >= 15 is 0 Å². The molecule has 8 aromatic rings. The Balaban J connectivity index is 1.25. The second-order valence-electron chi connectivity index (χ2n) is 13.7. The van der Waals surface area contributed by atoms with Crippen LogP contribution in [-0.4, -0.2) is 14.5 Å². The SMILES string of the molecule is CC1c2ccc3ccccc3c2C2C=CC=CC2C1c1ccc2c(c1)c1nc(-c3ccccc3)nc(-c3ccccc3)c1n2-c1ccccc1. The van der Waals surface area contributed by atoms with Crippen molar-refractivity contribution in [3.8, 4) is 28.3 Å². The van der Waals surface area contributed by atoms with E-state index in [1.54, 1.807) is 0 Å². The lowest BCUT2D eigenvalue weighted by molar-refractivity contribution is 0.383. The minimum Gasteiger partial charge on any atom is -0.306 e. The van der Waals surface area contributed by atoms with Gasteiger partial charge in [-0.1, -0.05) is 153 Å². The lowest BCUT2D eigenvalue weighted by atomic mass is 9.60. The Kier molecular flexibility index (Phi) is 6.67. The van der Waals surface area contributed by atoms with Crippen LogP contribution < -0.4 is 0 Å². The molecule has 2 heterocycles. The van der Waals surface area contributed by atoms with Gasteiger partial charge in [0.2, 0.25) is 0 Å². The van der Waals surface area contributed by atoms with Gasteiger partial charge >= 0.3 is 0 Å². The van der Waals surface area contributed by atoms with E-state index in [-0.39, 0.29) is 0 Å². The first-order valence-electron chi connectivity index (χ1n) is 17.6. The highest BCUT2D eigenvalue weighted by Crippen LogP contribution is 2.55. The molecule has 2 aliphatic rings. The molecule has 6 aromatic carbocycles. The number of allylic oxidation sites excluding steroid dienone is 4. The smallest absolute Gasteiger partial charge is 0.160 e. The van der Waals surface area contributed by atoms with Gasteiger partial charge < -0.3 is 4.57 Å². The molecule has 0 amide bonds. The number of benzene rings is 6. The van der Waals surface area contributed by atoms with E-state index in [9.17, 15) is 0 Å². The molecule has 50 heavy (non-hydrogen) atoms. The molecule has 0 fully saturated rings. The highest BCUT2D eigenvalue weighted by atomic mass is 15.0. The normalized spacial score (nSPS) is 19.5. The molecule has 4 atom stereocenters. The third kappa shape index (κ3) is 4.43. The number of nitrogens with zero attached hydrogens (tertiary/aromatic N) is 3. The van der Waals surface area contributed by atoms with Crippen molar-refractivity contribution in [2.45, 2.75) is 24.7 Å². The van der Waals surface area contributed by atoms with Gasteiger partial charge in [0.15, 0.2) is 5.82 Å². The molecule has 2 aromatic heterocycles.